The van der Waals surface area contributed by atoms with E-state index in [-0.39, 0.29) is 61.0 Å². The Hall–Kier alpha value is -3.14. The molecule has 33 heavy (non-hydrogen) atoms. The van der Waals surface area contributed by atoms with Crippen molar-refractivity contribution in [2.24, 2.45) is 0 Å². The van der Waals surface area contributed by atoms with Crippen molar-refractivity contribution in [3.63, 3.8) is 0 Å². The Morgan fingerprint density at radius 2 is 0.606 bits per heavy atom. The van der Waals surface area contributed by atoms with E-state index in [0.717, 1.165) is 0 Å². The van der Waals surface area contributed by atoms with Gasteiger partial charge in [-0.1, -0.05) is 0 Å². The molecule has 0 aliphatic heterocycles. The number of hydrogen-bond donors (Lipinski definition) is 8. The van der Waals surface area contributed by atoms with Crippen molar-refractivity contribution in [2.45, 2.75) is 45.9 Å². The molecule has 0 spiro atoms. The number of phenolic OH excluding ortho intramolecular Hbond substituents is 1. The molecule has 0 fully saturated rings. The summed E-state index contributed by atoms with van der Waals surface area (Å²) >= 11 is 0. The highest BCUT2D eigenvalue weighted by Crippen LogP contribution is 2.35. The minimum Gasteiger partial charge on any atom is -0.507 e. The zero-order valence-corrected chi connectivity index (χ0v) is 18.0. The predicted molar refractivity (Wildman–Crippen MR) is 120 cm³/mol. The van der Waals surface area contributed by atoms with E-state index in [0.29, 0.717) is 38.9 Å². The van der Waals surface area contributed by atoms with Gasteiger partial charge in [-0.25, -0.2) is 0 Å². The van der Waals surface area contributed by atoms with Crippen molar-refractivity contribution in [1.29, 1.82) is 0 Å². The summed E-state index contributed by atoms with van der Waals surface area (Å²) < 4.78 is 0. The zero-order valence-electron chi connectivity index (χ0n) is 18.0. The highest BCUT2D eigenvalue weighted by atomic mass is 16.3. The third-order valence-electron chi connectivity index (χ3n) is 5.63. The van der Waals surface area contributed by atoms with Crippen LogP contribution in [-0.4, -0.2) is 40.9 Å². The van der Waals surface area contributed by atoms with Gasteiger partial charge in [0.2, 0.25) is 0 Å². The van der Waals surface area contributed by atoms with Crippen molar-refractivity contribution < 1.29 is 40.9 Å². The van der Waals surface area contributed by atoms with Crippen LogP contribution in [0.15, 0.2) is 36.4 Å². The van der Waals surface area contributed by atoms with Crippen LogP contribution in [0.3, 0.4) is 0 Å². The second kappa shape index (κ2) is 10.7. The molecule has 0 atom stereocenters. The first-order chi connectivity index (χ1) is 15.8. The largest absolute Gasteiger partial charge is 0.507 e. The average molecular weight is 456 g/mol. The molecule has 3 aromatic carbocycles. The lowest BCUT2D eigenvalue weighted by atomic mass is 9.92. The normalized spacial score (nSPS) is 11.2. The molecular weight excluding hydrogens is 428 g/mol. The second-order valence-electron chi connectivity index (χ2n) is 7.93. The highest BCUT2D eigenvalue weighted by molar-refractivity contribution is 5.53. The number of hydrogen-bond acceptors (Lipinski definition) is 8. The SMILES string of the molecule is OCc1cc(CO)c(O)c(Cc2cc(CO)cc(Cc3cc(CO)cc(CO)c3O)c2O)c1. The smallest absolute Gasteiger partial charge is 0.124 e. The number of benzene rings is 3. The molecular formula is C25H28O8. The molecule has 3 aromatic rings. The fraction of sp³-hybridized carbons (Fsp3) is 0.280. The van der Waals surface area contributed by atoms with Crippen LogP contribution in [0.5, 0.6) is 17.2 Å². The van der Waals surface area contributed by atoms with Crippen LogP contribution in [0.25, 0.3) is 0 Å². The van der Waals surface area contributed by atoms with Gasteiger partial charge in [-0.15, -0.1) is 0 Å². The van der Waals surface area contributed by atoms with E-state index in [4.69, 9.17) is 0 Å². The molecule has 3 rings (SSSR count). The van der Waals surface area contributed by atoms with Gasteiger partial charge in [0.1, 0.15) is 17.2 Å². The summed E-state index contributed by atoms with van der Waals surface area (Å²) in [6.07, 6.45) is 0.119. The van der Waals surface area contributed by atoms with E-state index in [1.807, 2.05) is 0 Å². The van der Waals surface area contributed by atoms with Gasteiger partial charge in [0.05, 0.1) is 33.0 Å². The molecule has 0 aromatic heterocycles. The molecule has 8 heteroatoms. The van der Waals surface area contributed by atoms with Gasteiger partial charge in [-0.05, 0) is 75.3 Å². The summed E-state index contributed by atoms with van der Waals surface area (Å²) in [5, 5.41) is 79.7. The number of aliphatic hydroxyl groups excluding tert-OH is 5. The molecule has 0 amide bonds. The van der Waals surface area contributed by atoms with Gasteiger partial charge in [0, 0.05) is 24.0 Å². The molecule has 8 nitrogen and oxygen atoms in total. The Kier molecular flexibility index (Phi) is 7.91. The van der Waals surface area contributed by atoms with Gasteiger partial charge in [0.25, 0.3) is 0 Å². The first-order valence-electron chi connectivity index (χ1n) is 10.4. The number of aliphatic hydroxyl groups is 5. The Morgan fingerprint density at radius 1 is 0.364 bits per heavy atom. The summed E-state index contributed by atoms with van der Waals surface area (Å²) in [5.41, 5.74) is 3.53. The van der Waals surface area contributed by atoms with Crippen LogP contribution in [-0.2, 0) is 45.9 Å². The van der Waals surface area contributed by atoms with Crippen molar-refractivity contribution in [1.82, 2.24) is 0 Å². The van der Waals surface area contributed by atoms with Gasteiger partial charge in [-0.3, -0.25) is 0 Å². The lowest BCUT2D eigenvalue weighted by molar-refractivity contribution is 0.269. The van der Waals surface area contributed by atoms with Crippen molar-refractivity contribution in [2.75, 3.05) is 0 Å². The van der Waals surface area contributed by atoms with Gasteiger partial charge in [0.15, 0.2) is 0 Å². The van der Waals surface area contributed by atoms with Crippen LogP contribution in [0, 0.1) is 0 Å². The minimum absolute atomic E-state index is 0.0594. The molecule has 0 unspecified atom stereocenters. The predicted octanol–water partition coefficient (Wildman–Crippen LogP) is 1.45. The van der Waals surface area contributed by atoms with Crippen LogP contribution in [0.4, 0.5) is 0 Å². The molecule has 0 bridgehead atoms. The summed E-state index contributed by atoms with van der Waals surface area (Å²) in [6, 6.07) is 9.30. The van der Waals surface area contributed by atoms with E-state index in [1.165, 1.54) is 12.1 Å². The third kappa shape index (κ3) is 5.27. The summed E-state index contributed by atoms with van der Waals surface area (Å²) in [4.78, 5) is 0. The van der Waals surface area contributed by atoms with E-state index < -0.39 is 13.2 Å². The Bertz CT molecular complexity index is 1060. The quantitative estimate of drug-likeness (QED) is 0.240. The van der Waals surface area contributed by atoms with Crippen molar-refractivity contribution >= 4 is 0 Å². The minimum atomic E-state index is -0.422. The van der Waals surface area contributed by atoms with Crippen LogP contribution in [0.2, 0.25) is 0 Å². The van der Waals surface area contributed by atoms with Crippen molar-refractivity contribution in [3.8, 4) is 17.2 Å². The standard InChI is InChI=1S/C25H28O8/c26-9-14-1-17(7-19-3-15(10-27)5-21(12-29)24(19)32)23(31)18(2-14)8-20-4-16(11-28)6-22(13-30)25(20)33/h1-6,26-33H,7-13H2. The molecule has 0 saturated heterocycles. The summed E-state index contributed by atoms with van der Waals surface area (Å²) in [7, 11) is 0. The maximum atomic E-state index is 11.0. The zero-order chi connectivity index (χ0) is 24.1. The van der Waals surface area contributed by atoms with E-state index >= 15 is 0 Å². The lowest BCUT2D eigenvalue weighted by Gasteiger charge is -2.16. The van der Waals surface area contributed by atoms with E-state index in [9.17, 15) is 40.9 Å². The Morgan fingerprint density at radius 3 is 0.848 bits per heavy atom. The average Bonchev–Trinajstić information content (AvgIpc) is 2.83. The lowest BCUT2D eigenvalue weighted by Crippen LogP contribution is -2.02. The highest BCUT2D eigenvalue weighted by Gasteiger charge is 2.17. The molecule has 0 aliphatic carbocycles. The topological polar surface area (TPSA) is 162 Å². The fourth-order valence-electron chi connectivity index (χ4n) is 3.96. The van der Waals surface area contributed by atoms with E-state index in [1.54, 1.807) is 24.3 Å². The number of rotatable bonds is 9. The first kappa shape index (κ1) is 24.5. The van der Waals surface area contributed by atoms with E-state index in [2.05, 4.69) is 0 Å². The van der Waals surface area contributed by atoms with Crippen LogP contribution < -0.4 is 0 Å². The molecule has 0 radical (unpaired) electrons. The Labute approximate surface area is 190 Å². The maximum absolute atomic E-state index is 11.0. The van der Waals surface area contributed by atoms with Gasteiger partial charge < -0.3 is 40.9 Å². The third-order valence-corrected chi connectivity index (χ3v) is 5.63. The summed E-state index contributed by atoms with van der Waals surface area (Å²) in [5.74, 6) is -0.400. The van der Waals surface area contributed by atoms with Crippen LogP contribution in [0.1, 0.15) is 50.1 Å². The second-order valence-corrected chi connectivity index (χ2v) is 7.93. The first-order valence-corrected chi connectivity index (χ1v) is 10.4. The number of aromatic hydroxyl groups is 3. The van der Waals surface area contributed by atoms with Gasteiger partial charge >= 0.3 is 0 Å². The Balaban J connectivity index is 2.07. The fourth-order valence-corrected chi connectivity index (χ4v) is 3.96. The number of phenols is 3. The molecule has 0 saturated carbocycles. The molecule has 0 heterocycles. The van der Waals surface area contributed by atoms with Crippen LogP contribution >= 0.6 is 0 Å². The maximum Gasteiger partial charge on any atom is 0.124 e. The summed E-state index contributed by atoms with van der Waals surface area (Å²) in [6.45, 7) is -1.73. The van der Waals surface area contributed by atoms with Crippen molar-refractivity contribution in [3.05, 3.63) is 86.5 Å². The molecule has 0 aliphatic rings. The molecule has 176 valence electrons. The molecule has 8 N–H and O–H groups in total. The monoisotopic (exact) mass is 456 g/mol. The van der Waals surface area contributed by atoms with Gasteiger partial charge in [-0.2, -0.15) is 0 Å².